The maximum absolute atomic E-state index is 11.5. The molecular formula is C10H15NO4S. The highest BCUT2D eigenvalue weighted by Crippen LogP contribution is 2.19. The van der Waals surface area contributed by atoms with E-state index in [1.807, 2.05) is 0 Å². The molecule has 0 aromatic heterocycles. The lowest BCUT2D eigenvalue weighted by molar-refractivity contribution is -0.147. The van der Waals surface area contributed by atoms with E-state index in [1.54, 1.807) is 13.8 Å². The first kappa shape index (κ1) is 12.9. The van der Waals surface area contributed by atoms with Gasteiger partial charge in [0.1, 0.15) is 12.0 Å². The summed E-state index contributed by atoms with van der Waals surface area (Å²) >= 11 is 4.99. The van der Waals surface area contributed by atoms with Gasteiger partial charge in [0.25, 0.3) is 0 Å². The van der Waals surface area contributed by atoms with E-state index in [9.17, 15) is 9.59 Å². The zero-order valence-corrected chi connectivity index (χ0v) is 10.1. The molecule has 0 aromatic carbocycles. The van der Waals surface area contributed by atoms with Crippen molar-refractivity contribution in [2.75, 3.05) is 13.2 Å². The predicted octanol–water partition coefficient (Wildman–Crippen LogP) is 0.418. The monoisotopic (exact) mass is 245 g/mol. The van der Waals surface area contributed by atoms with Crippen molar-refractivity contribution in [3.8, 4) is 0 Å². The highest BCUT2D eigenvalue weighted by molar-refractivity contribution is 7.80. The molecule has 0 aliphatic carbocycles. The zero-order valence-electron chi connectivity index (χ0n) is 9.32. The molecule has 0 aromatic rings. The summed E-state index contributed by atoms with van der Waals surface area (Å²) in [6.45, 7) is 4.08. The van der Waals surface area contributed by atoms with Gasteiger partial charge in [0.05, 0.1) is 18.2 Å². The van der Waals surface area contributed by atoms with Gasteiger partial charge in [0.2, 0.25) is 0 Å². The maximum Gasteiger partial charge on any atom is 0.328 e. The minimum atomic E-state index is -0.526. The lowest BCUT2D eigenvalue weighted by atomic mass is 10.1. The molecule has 1 aliphatic heterocycles. The largest absolute Gasteiger partial charge is 0.465 e. The maximum atomic E-state index is 11.5. The van der Waals surface area contributed by atoms with Gasteiger partial charge >= 0.3 is 11.9 Å². The Balaban J connectivity index is 2.56. The fourth-order valence-corrected chi connectivity index (χ4v) is 1.85. The van der Waals surface area contributed by atoms with Crippen molar-refractivity contribution in [3.05, 3.63) is 0 Å². The van der Waals surface area contributed by atoms with Crippen molar-refractivity contribution >= 4 is 29.1 Å². The van der Waals surface area contributed by atoms with Crippen molar-refractivity contribution in [1.29, 1.82) is 0 Å². The molecule has 2 unspecified atom stereocenters. The van der Waals surface area contributed by atoms with E-state index in [4.69, 9.17) is 21.7 Å². The minimum absolute atomic E-state index is 0.308. The first-order chi connectivity index (χ1) is 7.60. The molecule has 1 aliphatic rings. The molecule has 0 bridgehead atoms. The van der Waals surface area contributed by atoms with Crippen LogP contribution in [0.2, 0.25) is 0 Å². The molecule has 1 heterocycles. The van der Waals surface area contributed by atoms with Gasteiger partial charge < -0.3 is 14.8 Å². The molecule has 90 valence electrons. The molecule has 6 heteroatoms. The van der Waals surface area contributed by atoms with Crippen molar-refractivity contribution in [1.82, 2.24) is 5.32 Å². The van der Waals surface area contributed by atoms with Gasteiger partial charge in [-0.25, -0.2) is 4.79 Å². The molecule has 0 amide bonds. The van der Waals surface area contributed by atoms with Crippen molar-refractivity contribution in [2.45, 2.75) is 26.3 Å². The highest BCUT2D eigenvalue weighted by atomic mass is 32.1. The van der Waals surface area contributed by atoms with Crippen molar-refractivity contribution in [2.24, 2.45) is 5.92 Å². The Morgan fingerprint density at radius 1 is 1.31 bits per heavy atom. The van der Waals surface area contributed by atoms with Crippen LogP contribution in [0, 0.1) is 5.92 Å². The Morgan fingerprint density at radius 3 is 2.44 bits per heavy atom. The van der Waals surface area contributed by atoms with E-state index < -0.39 is 12.0 Å². The van der Waals surface area contributed by atoms with Gasteiger partial charge in [-0.1, -0.05) is 12.2 Å². The fraction of sp³-hybridized carbons (Fsp3) is 0.700. The summed E-state index contributed by atoms with van der Waals surface area (Å²) in [5.74, 6) is -1.28. The number of carbonyl (C=O) groups excluding carboxylic acids is 2. The van der Waals surface area contributed by atoms with Crippen molar-refractivity contribution in [3.63, 3.8) is 0 Å². The van der Waals surface area contributed by atoms with Crippen LogP contribution in [0.5, 0.6) is 0 Å². The topological polar surface area (TPSA) is 64.6 Å². The second-order valence-corrected chi connectivity index (χ2v) is 3.79. The first-order valence-electron chi connectivity index (χ1n) is 5.23. The smallest absolute Gasteiger partial charge is 0.328 e. The third-order valence-electron chi connectivity index (χ3n) is 2.25. The van der Waals surface area contributed by atoms with Gasteiger partial charge in [0, 0.05) is 0 Å². The second-order valence-electron chi connectivity index (χ2n) is 3.35. The summed E-state index contributed by atoms with van der Waals surface area (Å²) in [6.07, 6.45) is 0.316. The molecule has 1 fully saturated rings. The Bertz CT molecular complexity index is 305. The van der Waals surface area contributed by atoms with Gasteiger partial charge in [-0.2, -0.15) is 0 Å². The number of hydrogen-bond acceptors (Lipinski definition) is 5. The van der Waals surface area contributed by atoms with E-state index in [0.29, 0.717) is 24.6 Å². The van der Waals surface area contributed by atoms with Gasteiger partial charge in [-0.3, -0.25) is 4.79 Å². The summed E-state index contributed by atoms with van der Waals surface area (Å²) < 4.78 is 9.71. The van der Waals surface area contributed by atoms with E-state index in [1.165, 1.54) is 0 Å². The standard InChI is InChI=1S/C10H15NO4S/c1-3-14-9(12)6-5-7(11-8(6)16)10(13)15-4-2/h6-7H,3-5H2,1-2H3,(H,11,16). The Morgan fingerprint density at radius 2 is 1.88 bits per heavy atom. The number of esters is 2. The zero-order chi connectivity index (χ0) is 12.1. The van der Waals surface area contributed by atoms with E-state index in [2.05, 4.69) is 5.32 Å². The van der Waals surface area contributed by atoms with Gasteiger partial charge in [-0.15, -0.1) is 0 Å². The molecule has 2 atom stereocenters. The lowest BCUT2D eigenvalue weighted by Crippen LogP contribution is -2.34. The molecule has 0 saturated carbocycles. The van der Waals surface area contributed by atoms with Crippen LogP contribution in [0.1, 0.15) is 20.3 Å². The molecule has 1 saturated heterocycles. The first-order valence-corrected chi connectivity index (χ1v) is 5.64. The van der Waals surface area contributed by atoms with Crippen LogP contribution in [0.4, 0.5) is 0 Å². The Hall–Kier alpha value is -1.17. The number of thiocarbonyl (C=S) groups is 1. The second kappa shape index (κ2) is 5.79. The minimum Gasteiger partial charge on any atom is -0.465 e. The molecule has 0 radical (unpaired) electrons. The highest BCUT2D eigenvalue weighted by Gasteiger charge is 2.39. The van der Waals surface area contributed by atoms with Crippen LogP contribution in [0.25, 0.3) is 0 Å². The number of ether oxygens (including phenoxy) is 2. The molecule has 16 heavy (non-hydrogen) atoms. The van der Waals surface area contributed by atoms with Crippen LogP contribution >= 0.6 is 12.2 Å². The average molecular weight is 245 g/mol. The van der Waals surface area contributed by atoms with Crippen LogP contribution in [0.15, 0.2) is 0 Å². The molecular weight excluding hydrogens is 230 g/mol. The number of carbonyl (C=O) groups is 2. The number of nitrogens with one attached hydrogen (secondary N) is 1. The summed E-state index contributed by atoms with van der Waals surface area (Å²) in [5, 5.41) is 2.78. The van der Waals surface area contributed by atoms with E-state index in [0.717, 1.165) is 0 Å². The quantitative estimate of drug-likeness (QED) is 0.572. The van der Waals surface area contributed by atoms with Crippen LogP contribution < -0.4 is 5.32 Å². The fourth-order valence-electron chi connectivity index (χ4n) is 1.52. The van der Waals surface area contributed by atoms with E-state index >= 15 is 0 Å². The summed E-state index contributed by atoms with van der Waals surface area (Å²) in [4.78, 5) is 23.3. The predicted molar refractivity (Wildman–Crippen MR) is 60.9 cm³/mol. The molecule has 5 nitrogen and oxygen atoms in total. The Kier molecular flexibility index (Phi) is 4.67. The third kappa shape index (κ3) is 2.91. The normalized spacial score (nSPS) is 23.8. The van der Waals surface area contributed by atoms with Crippen LogP contribution in [-0.4, -0.2) is 36.2 Å². The van der Waals surface area contributed by atoms with Gasteiger partial charge in [-0.05, 0) is 20.3 Å². The average Bonchev–Trinajstić information content (AvgIpc) is 2.61. The van der Waals surface area contributed by atoms with Crippen molar-refractivity contribution < 1.29 is 19.1 Å². The summed E-state index contributed by atoms with van der Waals surface area (Å²) in [5.41, 5.74) is 0. The molecule has 1 N–H and O–H groups in total. The van der Waals surface area contributed by atoms with Crippen LogP contribution in [-0.2, 0) is 19.1 Å². The number of rotatable bonds is 4. The molecule has 0 spiro atoms. The van der Waals surface area contributed by atoms with Gasteiger partial charge in [0.15, 0.2) is 0 Å². The summed E-state index contributed by atoms with van der Waals surface area (Å²) in [6, 6.07) is -0.526. The summed E-state index contributed by atoms with van der Waals surface area (Å²) in [7, 11) is 0. The number of hydrogen-bond donors (Lipinski definition) is 1. The lowest BCUT2D eigenvalue weighted by Gasteiger charge is -2.08. The van der Waals surface area contributed by atoms with Crippen LogP contribution in [0.3, 0.4) is 0 Å². The Labute approximate surface area is 99.5 Å². The van der Waals surface area contributed by atoms with E-state index in [-0.39, 0.29) is 11.9 Å². The molecule has 1 rings (SSSR count). The SMILES string of the molecule is CCOC(=O)C1CC(C(=O)OCC)C(=S)N1. The third-order valence-corrected chi connectivity index (χ3v) is 2.65.